The zero-order chi connectivity index (χ0) is 10.2. The molecule has 1 aromatic rings. The molecule has 0 aliphatic heterocycles. The third-order valence-electron chi connectivity index (χ3n) is 1.59. The van der Waals surface area contributed by atoms with E-state index in [2.05, 4.69) is 0 Å². The van der Waals surface area contributed by atoms with E-state index in [-0.39, 0.29) is 5.56 Å². The molecule has 0 aliphatic carbocycles. The van der Waals surface area contributed by atoms with Gasteiger partial charge in [-0.15, -0.1) is 0 Å². The van der Waals surface area contributed by atoms with Crippen LogP contribution in [0.3, 0.4) is 0 Å². The van der Waals surface area contributed by atoms with E-state index in [4.69, 9.17) is 5.11 Å². The second kappa shape index (κ2) is 2.90. The van der Waals surface area contributed by atoms with E-state index in [9.17, 15) is 17.6 Å². The monoisotopic (exact) mass is 194 g/mol. The summed E-state index contributed by atoms with van der Waals surface area (Å²) >= 11 is 0. The van der Waals surface area contributed by atoms with Crippen LogP contribution in [0.2, 0.25) is 0 Å². The summed E-state index contributed by atoms with van der Waals surface area (Å²) in [7, 11) is 0. The maximum absolute atomic E-state index is 12.6. The molecular weight excluding hydrogens is 188 g/mol. The van der Waals surface area contributed by atoms with Gasteiger partial charge >= 0.3 is 6.18 Å². The highest BCUT2D eigenvalue weighted by atomic mass is 19.4. The molecule has 0 amide bonds. The second-order valence-corrected chi connectivity index (χ2v) is 2.62. The summed E-state index contributed by atoms with van der Waals surface area (Å²) in [6.07, 6.45) is -4.72. The van der Waals surface area contributed by atoms with Crippen LogP contribution in [0.4, 0.5) is 17.6 Å². The third kappa shape index (κ3) is 1.91. The zero-order valence-electron chi connectivity index (χ0n) is 6.61. The first-order chi connectivity index (χ1) is 5.82. The molecule has 0 aliphatic rings. The molecule has 72 valence electrons. The first-order valence-corrected chi connectivity index (χ1v) is 3.38. The Hall–Kier alpha value is -1.26. The summed E-state index contributed by atoms with van der Waals surface area (Å²) in [4.78, 5) is 0. The molecule has 0 atom stereocenters. The Morgan fingerprint density at radius 1 is 1.23 bits per heavy atom. The number of halogens is 4. The van der Waals surface area contributed by atoms with Crippen molar-refractivity contribution < 1.29 is 22.7 Å². The van der Waals surface area contributed by atoms with Crippen molar-refractivity contribution in [2.75, 3.05) is 0 Å². The molecule has 0 aromatic heterocycles. The van der Waals surface area contributed by atoms with Gasteiger partial charge in [0, 0.05) is 6.07 Å². The Kier molecular flexibility index (Phi) is 2.19. The Bertz CT molecular complexity index is 330. The maximum atomic E-state index is 12.6. The molecule has 1 rings (SSSR count). The fraction of sp³-hybridized carbons (Fsp3) is 0.250. The number of aromatic hydroxyl groups is 1. The smallest absolute Gasteiger partial charge is 0.419 e. The minimum absolute atomic E-state index is 0.00581. The number of phenolic OH excluding ortho intramolecular Hbond substituents is 1. The van der Waals surface area contributed by atoms with Crippen molar-refractivity contribution in [3.05, 3.63) is 29.1 Å². The van der Waals surface area contributed by atoms with Gasteiger partial charge in [0.15, 0.2) is 0 Å². The molecule has 0 bridgehead atoms. The quantitative estimate of drug-likeness (QED) is 0.629. The molecule has 0 unspecified atom stereocenters. The fourth-order valence-corrected chi connectivity index (χ4v) is 0.888. The highest BCUT2D eigenvalue weighted by molar-refractivity contribution is 5.37. The van der Waals surface area contributed by atoms with E-state index in [0.717, 1.165) is 0 Å². The molecule has 1 nitrogen and oxygen atoms in total. The molecule has 1 N–H and O–H groups in total. The number of alkyl halides is 3. The van der Waals surface area contributed by atoms with Gasteiger partial charge in [0.2, 0.25) is 0 Å². The predicted molar refractivity (Wildman–Crippen MR) is 37.8 cm³/mol. The highest BCUT2D eigenvalue weighted by Gasteiger charge is 2.34. The van der Waals surface area contributed by atoms with Crippen molar-refractivity contribution in [1.82, 2.24) is 0 Å². The third-order valence-corrected chi connectivity index (χ3v) is 1.59. The fourth-order valence-electron chi connectivity index (χ4n) is 0.888. The maximum Gasteiger partial charge on any atom is 0.419 e. The van der Waals surface area contributed by atoms with Crippen molar-refractivity contribution in [1.29, 1.82) is 0 Å². The SMILES string of the molecule is Cc1cc(C(F)(F)F)c(F)cc1O. The summed E-state index contributed by atoms with van der Waals surface area (Å²) in [5.74, 6) is -1.94. The van der Waals surface area contributed by atoms with Gasteiger partial charge in [-0.05, 0) is 18.6 Å². The van der Waals surface area contributed by atoms with Crippen LogP contribution in [-0.4, -0.2) is 5.11 Å². The van der Waals surface area contributed by atoms with E-state index in [1.165, 1.54) is 6.92 Å². The van der Waals surface area contributed by atoms with Gasteiger partial charge in [0.1, 0.15) is 11.6 Å². The largest absolute Gasteiger partial charge is 0.508 e. The number of aryl methyl sites for hydroxylation is 1. The van der Waals surface area contributed by atoms with Crippen LogP contribution in [0.25, 0.3) is 0 Å². The average molecular weight is 194 g/mol. The van der Waals surface area contributed by atoms with E-state index in [1.807, 2.05) is 0 Å². The Balaban J connectivity index is 3.32. The minimum atomic E-state index is -4.72. The second-order valence-electron chi connectivity index (χ2n) is 2.62. The van der Waals surface area contributed by atoms with Crippen LogP contribution < -0.4 is 0 Å². The number of rotatable bonds is 0. The topological polar surface area (TPSA) is 20.2 Å². The van der Waals surface area contributed by atoms with Crippen molar-refractivity contribution >= 4 is 0 Å². The van der Waals surface area contributed by atoms with Crippen molar-refractivity contribution in [2.24, 2.45) is 0 Å². The zero-order valence-corrected chi connectivity index (χ0v) is 6.61. The first-order valence-electron chi connectivity index (χ1n) is 3.38. The first kappa shape index (κ1) is 9.83. The van der Waals surface area contributed by atoms with Crippen LogP contribution in [-0.2, 0) is 6.18 Å². The number of phenols is 1. The number of hydrogen-bond acceptors (Lipinski definition) is 1. The van der Waals surface area contributed by atoms with E-state index in [1.54, 1.807) is 0 Å². The number of hydrogen-bond donors (Lipinski definition) is 1. The van der Waals surface area contributed by atoms with Gasteiger partial charge in [0.25, 0.3) is 0 Å². The average Bonchev–Trinajstić information content (AvgIpc) is 1.94. The van der Waals surface area contributed by atoms with Gasteiger partial charge < -0.3 is 5.11 Å². The van der Waals surface area contributed by atoms with Crippen molar-refractivity contribution in [3.63, 3.8) is 0 Å². The molecule has 0 radical (unpaired) electrons. The lowest BCUT2D eigenvalue weighted by atomic mass is 10.1. The minimum Gasteiger partial charge on any atom is -0.508 e. The summed E-state index contributed by atoms with van der Waals surface area (Å²) in [5, 5.41) is 8.88. The predicted octanol–water partition coefficient (Wildman–Crippen LogP) is 2.86. The lowest BCUT2D eigenvalue weighted by molar-refractivity contribution is -0.140. The summed E-state index contributed by atoms with van der Waals surface area (Å²) < 4.78 is 48.8. The van der Waals surface area contributed by atoms with Gasteiger partial charge in [-0.1, -0.05) is 0 Å². The van der Waals surface area contributed by atoms with Crippen LogP contribution in [0.15, 0.2) is 12.1 Å². The summed E-state index contributed by atoms with van der Waals surface area (Å²) in [5.41, 5.74) is -1.36. The van der Waals surface area contributed by atoms with Crippen LogP contribution >= 0.6 is 0 Å². The van der Waals surface area contributed by atoms with E-state index >= 15 is 0 Å². The standard InChI is InChI=1S/C8H6F4O/c1-4-2-5(8(10,11)12)6(9)3-7(4)13/h2-3,13H,1H3. The van der Waals surface area contributed by atoms with E-state index < -0.39 is 23.3 Å². The van der Waals surface area contributed by atoms with Crippen molar-refractivity contribution in [3.8, 4) is 5.75 Å². The summed E-state index contributed by atoms with van der Waals surface area (Å²) in [6.45, 7) is 1.27. The summed E-state index contributed by atoms with van der Waals surface area (Å²) in [6, 6.07) is 1.03. The number of benzene rings is 1. The molecule has 13 heavy (non-hydrogen) atoms. The van der Waals surface area contributed by atoms with Crippen LogP contribution in [0, 0.1) is 12.7 Å². The van der Waals surface area contributed by atoms with Gasteiger partial charge in [-0.2, -0.15) is 13.2 Å². The lowest BCUT2D eigenvalue weighted by Crippen LogP contribution is -2.08. The van der Waals surface area contributed by atoms with Crippen LogP contribution in [0.1, 0.15) is 11.1 Å². The van der Waals surface area contributed by atoms with Crippen LogP contribution in [0.5, 0.6) is 5.75 Å². The highest BCUT2D eigenvalue weighted by Crippen LogP contribution is 2.34. The normalized spacial score (nSPS) is 11.8. The Labute approximate surface area is 71.6 Å². The van der Waals surface area contributed by atoms with E-state index in [0.29, 0.717) is 12.1 Å². The Morgan fingerprint density at radius 2 is 1.77 bits per heavy atom. The molecule has 0 saturated carbocycles. The molecular formula is C8H6F4O. The molecule has 0 heterocycles. The molecule has 0 fully saturated rings. The molecule has 1 aromatic carbocycles. The van der Waals surface area contributed by atoms with Crippen molar-refractivity contribution in [2.45, 2.75) is 13.1 Å². The van der Waals surface area contributed by atoms with Gasteiger partial charge in [-0.3, -0.25) is 0 Å². The van der Waals surface area contributed by atoms with Gasteiger partial charge in [-0.25, -0.2) is 4.39 Å². The van der Waals surface area contributed by atoms with Gasteiger partial charge in [0.05, 0.1) is 5.56 Å². The lowest BCUT2D eigenvalue weighted by Gasteiger charge is -2.09. The molecule has 5 heteroatoms. The molecule has 0 spiro atoms. The molecule has 0 saturated heterocycles. The Morgan fingerprint density at radius 3 is 2.23 bits per heavy atom.